The fraction of sp³-hybridized carbons (Fsp3) is 0.900. The van der Waals surface area contributed by atoms with Gasteiger partial charge in [-0.05, 0) is 33.2 Å². The van der Waals surface area contributed by atoms with Crippen LogP contribution in [0.2, 0.25) is 0 Å². The van der Waals surface area contributed by atoms with Gasteiger partial charge >= 0.3 is 0 Å². The zero-order chi connectivity index (χ0) is 10.4. The fourth-order valence-electron chi connectivity index (χ4n) is 1.63. The molecule has 0 radical (unpaired) electrons. The van der Waals surface area contributed by atoms with E-state index in [0.717, 1.165) is 19.4 Å². The molecular weight excluding hydrogens is 180 g/mol. The Bertz CT molecular complexity index is 157. The van der Waals surface area contributed by atoms with E-state index in [2.05, 4.69) is 32.6 Å². The van der Waals surface area contributed by atoms with Crippen molar-refractivity contribution in [2.45, 2.75) is 52.6 Å². The molecule has 2 N–H and O–H groups in total. The first-order valence-corrected chi connectivity index (χ1v) is 5.50. The molecule has 0 aliphatic rings. The summed E-state index contributed by atoms with van der Waals surface area (Å²) in [5, 5.41) is 0. The van der Waals surface area contributed by atoms with Crippen molar-refractivity contribution >= 4 is 17.2 Å². The van der Waals surface area contributed by atoms with E-state index in [1.165, 1.54) is 0 Å². The van der Waals surface area contributed by atoms with Crippen LogP contribution in [0.1, 0.15) is 40.5 Å². The first-order chi connectivity index (χ1) is 6.04. The topological polar surface area (TPSA) is 29.3 Å². The van der Waals surface area contributed by atoms with Gasteiger partial charge < -0.3 is 5.73 Å². The van der Waals surface area contributed by atoms with Crippen LogP contribution in [-0.2, 0) is 0 Å². The molecule has 1 atom stereocenters. The molecule has 0 fully saturated rings. The van der Waals surface area contributed by atoms with E-state index >= 15 is 0 Å². The SMILES string of the molecule is CCCN(C(C)C)C(CC)C(N)=S. The minimum absolute atomic E-state index is 0.273. The van der Waals surface area contributed by atoms with Crippen molar-refractivity contribution in [3.63, 3.8) is 0 Å². The quantitative estimate of drug-likeness (QED) is 0.669. The second kappa shape index (κ2) is 6.33. The molecule has 0 bridgehead atoms. The first-order valence-electron chi connectivity index (χ1n) is 5.09. The lowest BCUT2D eigenvalue weighted by molar-refractivity contribution is 0.190. The summed E-state index contributed by atoms with van der Waals surface area (Å²) < 4.78 is 0. The lowest BCUT2D eigenvalue weighted by Gasteiger charge is -2.33. The number of nitrogens with two attached hydrogens (primary N) is 1. The smallest absolute Gasteiger partial charge is 0.0902 e. The summed E-state index contributed by atoms with van der Waals surface area (Å²) >= 11 is 5.06. The van der Waals surface area contributed by atoms with Gasteiger partial charge in [-0.25, -0.2) is 0 Å². The number of hydrogen-bond donors (Lipinski definition) is 1. The summed E-state index contributed by atoms with van der Waals surface area (Å²) in [6.07, 6.45) is 2.16. The highest BCUT2D eigenvalue weighted by molar-refractivity contribution is 7.80. The Morgan fingerprint density at radius 2 is 1.92 bits per heavy atom. The maximum Gasteiger partial charge on any atom is 0.0902 e. The average molecular weight is 202 g/mol. The summed E-state index contributed by atoms with van der Waals surface area (Å²) in [4.78, 5) is 3.01. The molecule has 13 heavy (non-hydrogen) atoms. The predicted molar refractivity (Wildman–Crippen MR) is 63.0 cm³/mol. The van der Waals surface area contributed by atoms with E-state index in [1.807, 2.05) is 0 Å². The van der Waals surface area contributed by atoms with E-state index < -0.39 is 0 Å². The van der Waals surface area contributed by atoms with E-state index in [1.54, 1.807) is 0 Å². The standard InChI is InChI=1S/C10H22N2S/c1-5-7-12(8(3)4)9(6-2)10(11)13/h8-9H,5-7H2,1-4H3,(H2,11,13). The van der Waals surface area contributed by atoms with Crippen LogP contribution in [0.3, 0.4) is 0 Å². The minimum Gasteiger partial charge on any atom is -0.392 e. The summed E-state index contributed by atoms with van der Waals surface area (Å²) in [6, 6.07) is 0.793. The van der Waals surface area contributed by atoms with E-state index in [-0.39, 0.29) is 6.04 Å². The van der Waals surface area contributed by atoms with Crippen molar-refractivity contribution in [2.24, 2.45) is 5.73 Å². The summed E-state index contributed by atoms with van der Waals surface area (Å²) in [6.45, 7) is 9.78. The number of nitrogens with zero attached hydrogens (tertiary/aromatic N) is 1. The first kappa shape index (κ1) is 12.8. The van der Waals surface area contributed by atoms with Crippen LogP contribution in [0.15, 0.2) is 0 Å². The van der Waals surface area contributed by atoms with Gasteiger partial charge in [0.2, 0.25) is 0 Å². The normalized spacial score (nSPS) is 13.7. The summed E-state index contributed by atoms with van der Waals surface area (Å²) in [5.41, 5.74) is 5.71. The molecule has 0 saturated heterocycles. The maximum atomic E-state index is 5.71. The second-order valence-electron chi connectivity index (χ2n) is 3.66. The molecule has 0 rings (SSSR count). The van der Waals surface area contributed by atoms with Crippen LogP contribution < -0.4 is 5.73 Å². The highest BCUT2D eigenvalue weighted by Crippen LogP contribution is 2.10. The molecule has 3 heteroatoms. The molecule has 1 unspecified atom stereocenters. The predicted octanol–water partition coefficient (Wildman–Crippen LogP) is 2.17. The van der Waals surface area contributed by atoms with Crippen molar-refractivity contribution in [3.05, 3.63) is 0 Å². The third-order valence-corrected chi connectivity index (χ3v) is 2.53. The highest BCUT2D eigenvalue weighted by atomic mass is 32.1. The lowest BCUT2D eigenvalue weighted by atomic mass is 10.1. The Morgan fingerprint density at radius 1 is 1.38 bits per heavy atom. The Labute approximate surface area is 87.5 Å². The third kappa shape index (κ3) is 4.05. The molecule has 0 aromatic carbocycles. The molecule has 0 aromatic rings. The minimum atomic E-state index is 0.273. The molecule has 78 valence electrons. The van der Waals surface area contributed by atoms with Gasteiger partial charge in [0, 0.05) is 6.04 Å². The Morgan fingerprint density at radius 3 is 2.15 bits per heavy atom. The van der Waals surface area contributed by atoms with Crippen molar-refractivity contribution in [1.29, 1.82) is 0 Å². The maximum absolute atomic E-state index is 5.71. The van der Waals surface area contributed by atoms with Gasteiger partial charge in [-0.2, -0.15) is 0 Å². The summed E-state index contributed by atoms with van der Waals surface area (Å²) in [7, 11) is 0. The molecule has 0 aliphatic carbocycles. The number of rotatable bonds is 6. The largest absolute Gasteiger partial charge is 0.392 e. The zero-order valence-corrected chi connectivity index (χ0v) is 10.0. The van der Waals surface area contributed by atoms with Gasteiger partial charge in [0.15, 0.2) is 0 Å². The van der Waals surface area contributed by atoms with Gasteiger partial charge in [0.25, 0.3) is 0 Å². The molecule has 0 heterocycles. The lowest BCUT2D eigenvalue weighted by Crippen LogP contribution is -2.47. The van der Waals surface area contributed by atoms with Gasteiger partial charge in [-0.1, -0.05) is 26.1 Å². The zero-order valence-electron chi connectivity index (χ0n) is 9.21. The molecular formula is C10H22N2S. The molecule has 2 nitrogen and oxygen atoms in total. The second-order valence-corrected chi connectivity index (χ2v) is 4.13. The molecule has 0 spiro atoms. The van der Waals surface area contributed by atoms with Gasteiger partial charge in [0.05, 0.1) is 11.0 Å². The molecule has 0 amide bonds. The number of thiocarbonyl (C=S) groups is 1. The van der Waals surface area contributed by atoms with Crippen LogP contribution in [0, 0.1) is 0 Å². The van der Waals surface area contributed by atoms with Crippen molar-refractivity contribution in [2.75, 3.05) is 6.54 Å². The third-order valence-electron chi connectivity index (χ3n) is 2.26. The molecule has 0 aromatic heterocycles. The van der Waals surface area contributed by atoms with Crippen LogP contribution in [0.4, 0.5) is 0 Å². The van der Waals surface area contributed by atoms with Crippen molar-refractivity contribution < 1.29 is 0 Å². The van der Waals surface area contributed by atoms with Gasteiger partial charge in [-0.3, -0.25) is 4.90 Å². The Balaban J connectivity index is 4.38. The van der Waals surface area contributed by atoms with Crippen LogP contribution >= 0.6 is 12.2 Å². The highest BCUT2D eigenvalue weighted by Gasteiger charge is 2.20. The van der Waals surface area contributed by atoms with Crippen LogP contribution in [0.25, 0.3) is 0 Å². The Kier molecular flexibility index (Phi) is 6.25. The number of hydrogen-bond acceptors (Lipinski definition) is 2. The monoisotopic (exact) mass is 202 g/mol. The fourth-order valence-corrected chi connectivity index (χ4v) is 1.93. The summed E-state index contributed by atoms with van der Waals surface area (Å²) in [5.74, 6) is 0. The van der Waals surface area contributed by atoms with Crippen LogP contribution in [-0.4, -0.2) is 28.5 Å². The average Bonchev–Trinajstić information content (AvgIpc) is 2.03. The van der Waals surface area contributed by atoms with Crippen molar-refractivity contribution in [3.8, 4) is 0 Å². The molecule has 0 saturated carbocycles. The Hall–Kier alpha value is -0.150. The van der Waals surface area contributed by atoms with Gasteiger partial charge in [0.1, 0.15) is 0 Å². The van der Waals surface area contributed by atoms with E-state index in [4.69, 9.17) is 18.0 Å². The van der Waals surface area contributed by atoms with Crippen molar-refractivity contribution in [1.82, 2.24) is 4.90 Å². The van der Waals surface area contributed by atoms with E-state index in [9.17, 15) is 0 Å². The van der Waals surface area contributed by atoms with Crippen LogP contribution in [0.5, 0.6) is 0 Å². The molecule has 0 aliphatic heterocycles. The van der Waals surface area contributed by atoms with E-state index in [0.29, 0.717) is 11.0 Å². The van der Waals surface area contributed by atoms with Gasteiger partial charge in [-0.15, -0.1) is 0 Å².